The zero-order valence-corrected chi connectivity index (χ0v) is 11.4. The van der Waals surface area contributed by atoms with Crippen LogP contribution in [-0.2, 0) is 0 Å². The Balaban J connectivity index is 2.44. The zero-order chi connectivity index (χ0) is 13.8. The Morgan fingerprint density at radius 2 is 1.68 bits per heavy atom. The fraction of sp³-hybridized carbons (Fsp3) is 0.250. The molecule has 1 N–H and O–H groups in total. The predicted octanol–water partition coefficient (Wildman–Crippen LogP) is 3.56. The number of hydrogen-bond donors (Lipinski definition) is 1. The van der Waals surface area contributed by atoms with Crippen LogP contribution in [0.4, 0.5) is 0 Å². The van der Waals surface area contributed by atoms with Gasteiger partial charge in [-0.25, -0.2) is 0 Å². The number of para-hydroxylation sites is 1. The van der Waals surface area contributed by atoms with Gasteiger partial charge in [0.05, 0.1) is 14.2 Å². The van der Waals surface area contributed by atoms with Gasteiger partial charge in [-0.15, -0.1) is 0 Å². The monoisotopic (exact) mass is 258 g/mol. The molecule has 0 bridgehead atoms. The highest BCUT2D eigenvalue weighted by molar-refractivity contribution is 5.48. The van der Waals surface area contributed by atoms with E-state index in [1.807, 2.05) is 43.3 Å². The van der Waals surface area contributed by atoms with E-state index in [4.69, 9.17) is 9.47 Å². The smallest absolute Gasteiger partial charge is 0.126 e. The minimum Gasteiger partial charge on any atom is -0.508 e. The average Bonchev–Trinajstić information content (AvgIpc) is 2.46. The molecule has 3 nitrogen and oxygen atoms in total. The van der Waals surface area contributed by atoms with E-state index in [-0.39, 0.29) is 5.92 Å². The second-order valence-electron chi connectivity index (χ2n) is 4.39. The summed E-state index contributed by atoms with van der Waals surface area (Å²) >= 11 is 0. The Bertz CT molecular complexity index is 564. The Morgan fingerprint density at radius 3 is 2.32 bits per heavy atom. The molecule has 1 atom stereocenters. The highest BCUT2D eigenvalue weighted by atomic mass is 16.5. The molecule has 1 unspecified atom stereocenters. The Morgan fingerprint density at radius 1 is 0.947 bits per heavy atom. The van der Waals surface area contributed by atoms with E-state index < -0.39 is 0 Å². The molecule has 2 aromatic rings. The van der Waals surface area contributed by atoms with Gasteiger partial charge >= 0.3 is 0 Å². The van der Waals surface area contributed by atoms with Crippen molar-refractivity contribution in [1.29, 1.82) is 0 Å². The van der Waals surface area contributed by atoms with Gasteiger partial charge in [0.2, 0.25) is 0 Å². The molecule has 0 fully saturated rings. The average molecular weight is 258 g/mol. The molecular weight excluding hydrogens is 240 g/mol. The molecule has 0 saturated carbocycles. The van der Waals surface area contributed by atoms with Crippen LogP contribution in [0.15, 0.2) is 42.5 Å². The molecule has 2 rings (SSSR count). The SMILES string of the molecule is COc1ccc(C(C)c2ccccc2O)c(OC)c1. The number of benzene rings is 2. The molecule has 0 aliphatic carbocycles. The first-order chi connectivity index (χ1) is 9.17. The van der Waals surface area contributed by atoms with Crippen molar-refractivity contribution in [3.8, 4) is 17.2 Å². The van der Waals surface area contributed by atoms with Crippen molar-refractivity contribution in [3.05, 3.63) is 53.6 Å². The molecule has 2 aromatic carbocycles. The first-order valence-corrected chi connectivity index (χ1v) is 6.17. The first-order valence-electron chi connectivity index (χ1n) is 6.17. The number of aromatic hydroxyl groups is 1. The summed E-state index contributed by atoms with van der Waals surface area (Å²) in [4.78, 5) is 0. The maximum Gasteiger partial charge on any atom is 0.126 e. The van der Waals surface area contributed by atoms with Gasteiger partial charge in [0.1, 0.15) is 17.2 Å². The number of rotatable bonds is 4. The lowest BCUT2D eigenvalue weighted by Crippen LogP contribution is -2.00. The predicted molar refractivity (Wildman–Crippen MR) is 75.2 cm³/mol. The molecular formula is C16H18O3. The standard InChI is InChI=1S/C16H18O3/c1-11(13-6-4-5-7-15(13)17)14-9-8-12(18-2)10-16(14)19-3/h4-11,17H,1-3H3. The van der Waals surface area contributed by atoms with Crippen molar-refractivity contribution < 1.29 is 14.6 Å². The van der Waals surface area contributed by atoms with Gasteiger partial charge in [-0.3, -0.25) is 0 Å². The molecule has 0 amide bonds. The number of hydrogen-bond acceptors (Lipinski definition) is 3. The van der Waals surface area contributed by atoms with Crippen LogP contribution in [0, 0.1) is 0 Å². The summed E-state index contributed by atoms with van der Waals surface area (Å²) in [5, 5.41) is 9.94. The van der Waals surface area contributed by atoms with Crippen LogP contribution in [0.1, 0.15) is 24.0 Å². The van der Waals surface area contributed by atoms with Crippen LogP contribution < -0.4 is 9.47 Å². The first kappa shape index (κ1) is 13.3. The molecule has 19 heavy (non-hydrogen) atoms. The van der Waals surface area contributed by atoms with E-state index in [1.165, 1.54) is 0 Å². The normalized spacial score (nSPS) is 11.9. The van der Waals surface area contributed by atoms with Gasteiger partial charge in [0.25, 0.3) is 0 Å². The number of methoxy groups -OCH3 is 2. The quantitative estimate of drug-likeness (QED) is 0.911. The number of ether oxygens (including phenoxy) is 2. The zero-order valence-electron chi connectivity index (χ0n) is 11.4. The van der Waals surface area contributed by atoms with Crippen LogP contribution in [0.5, 0.6) is 17.2 Å². The highest BCUT2D eigenvalue weighted by Gasteiger charge is 2.16. The van der Waals surface area contributed by atoms with Crippen molar-refractivity contribution in [2.45, 2.75) is 12.8 Å². The maximum atomic E-state index is 9.94. The highest BCUT2D eigenvalue weighted by Crippen LogP contribution is 2.37. The summed E-state index contributed by atoms with van der Waals surface area (Å²) in [6, 6.07) is 13.1. The molecule has 0 aliphatic heterocycles. The lowest BCUT2D eigenvalue weighted by atomic mass is 9.91. The molecule has 0 aliphatic rings. The molecule has 0 aromatic heterocycles. The van der Waals surface area contributed by atoms with E-state index in [1.54, 1.807) is 20.3 Å². The molecule has 0 heterocycles. The second-order valence-corrected chi connectivity index (χ2v) is 4.39. The van der Waals surface area contributed by atoms with Crippen molar-refractivity contribution >= 4 is 0 Å². The van der Waals surface area contributed by atoms with Crippen LogP contribution >= 0.6 is 0 Å². The molecule has 100 valence electrons. The topological polar surface area (TPSA) is 38.7 Å². The number of phenols is 1. The Hall–Kier alpha value is -2.16. The van der Waals surface area contributed by atoms with Crippen LogP contribution in [0.2, 0.25) is 0 Å². The van der Waals surface area contributed by atoms with Crippen LogP contribution in [0.3, 0.4) is 0 Å². The third-order valence-corrected chi connectivity index (χ3v) is 3.31. The summed E-state index contributed by atoms with van der Waals surface area (Å²) < 4.78 is 10.6. The van der Waals surface area contributed by atoms with Gasteiger partial charge in [-0.05, 0) is 12.1 Å². The van der Waals surface area contributed by atoms with E-state index in [0.29, 0.717) is 5.75 Å². The molecule has 0 radical (unpaired) electrons. The summed E-state index contributed by atoms with van der Waals surface area (Å²) in [7, 11) is 3.26. The van der Waals surface area contributed by atoms with Gasteiger partial charge in [0.15, 0.2) is 0 Å². The minimum atomic E-state index is 0.0436. The number of phenolic OH excluding ortho intramolecular Hbond substituents is 1. The van der Waals surface area contributed by atoms with Crippen molar-refractivity contribution in [2.75, 3.05) is 14.2 Å². The second kappa shape index (κ2) is 5.65. The third-order valence-electron chi connectivity index (χ3n) is 3.31. The molecule has 0 spiro atoms. The largest absolute Gasteiger partial charge is 0.508 e. The summed E-state index contributed by atoms with van der Waals surface area (Å²) in [5.41, 5.74) is 1.90. The van der Waals surface area contributed by atoms with Crippen LogP contribution in [-0.4, -0.2) is 19.3 Å². The van der Waals surface area contributed by atoms with E-state index in [2.05, 4.69) is 0 Å². The molecule has 3 heteroatoms. The Labute approximate surface area is 113 Å². The summed E-state index contributed by atoms with van der Waals surface area (Å²) in [5.74, 6) is 1.86. The summed E-state index contributed by atoms with van der Waals surface area (Å²) in [6.45, 7) is 2.04. The van der Waals surface area contributed by atoms with E-state index in [9.17, 15) is 5.11 Å². The van der Waals surface area contributed by atoms with Gasteiger partial charge in [0, 0.05) is 23.1 Å². The summed E-state index contributed by atoms with van der Waals surface area (Å²) in [6.07, 6.45) is 0. The van der Waals surface area contributed by atoms with Gasteiger partial charge < -0.3 is 14.6 Å². The minimum absolute atomic E-state index is 0.0436. The van der Waals surface area contributed by atoms with Gasteiger partial charge in [-0.2, -0.15) is 0 Å². The third kappa shape index (κ3) is 2.65. The maximum absolute atomic E-state index is 9.94. The van der Waals surface area contributed by atoms with Crippen molar-refractivity contribution in [2.24, 2.45) is 0 Å². The lowest BCUT2D eigenvalue weighted by Gasteiger charge is -2.17. The lowest BCUT2D eigenvalue weighted by molar-refractivity contribution is 0.390. The van der Waals surface area contributed by atoms with E-state index in [0.717, 1.165) is 22.6 Å². The Kier molecular flexibility index (Phi) is 3.95. The van der Waals surface area contributed by atoms with Gasteiger partial charge in [-0.1, -0.05) is 31.2 Å². The van der Waals surface area contributed by atoms with Crippen molar-refractivity contribution in [3.63, 3.8) is 0 Å². The van der Waals surface area contributed by atoms with E-state index >= 15 is 0 Å². The van der Waals surface area contributed by atoms with Crippen LogP contribution in [0.25, 0.3) is 0 Å². The van der Waals surface area contributed by atoms with Crippen molar-refractivity contribution in [1.82, 2.24) is 0 Å². The molecule has 0 saturated heterocycles. The fourth-order valence-corrected chi connectivity index (χ4v) is 2.20. The fourth-order valence-electron chi connectivity index (χ4n) is 2.20.